The summed E-state index contributed by atoms with van der Waals surface area (Å²) >= 11 is 3.32. The van der Waals surface area contributed by atoms with Crippen LogP contribution < -0.4 is 15.4 Å². The van der Waals surface area contributed by atoms with Crippen molar-refractivity contribution in [2.24, 2.45) is 0 Å². The number of nitrogens with zero attached hydrogens (tertiary/aromatic N) is 1. The standard InChI is InChI=1S/C15H15BrN2O3/c1-18(13-5-3-9(16)7-12(13)17)15(20)11-8-10(21-2)4-6-14(11)19/h3-8,19H,17H2,1-2H3. The molecular weight excluding hydrogens is 336 g/mol. The number of methoxy groups -OCH3 is 1. The molecule has 0 fully saturated rings. The van der Waals surface area contributed by atoms with Gasteiger partial charge in [-0.05, 0) is 36.4 Å². The summed E-state index contributed by atoms with van der Waals surface area (Å²) in [6.45, 7) is 0. The number of ether oxygens (including phenoxy) is 1. The number of phenolic OH excluding ortho intramolecular Hbond substituents is 1. The predicted octanol–water partition coefficient (Wildman–Crippen LogP) is 3.02. The lowest BCUT2D eigenvalue weighted by molar-refractivity contribution is 0.0990. The predicted molar refractivity (Wildman–Crippen MR) is 85.9 cm³/mol. The fraction of sp³-hybridized carbons (Fsp3) is 0.133. The van der Waals surface area contributed by atoms with Crippen LogP contribution in [0.3, 0.4) is 0 Å². The van der Waals surface area contributed by atoms with E-state index in [9.17, 15) is 9.90 Å². The number of nitrogens with two attached hydrogens (primary N) is 1. The van der Waals surface area contributed by atoms with E-state index < -0.39 is 0 Å². The molecule has 0 heterocycles. The topological polar surface area (TPSA) is 75.8 Å². The highest BCUT2D eigenvalue weighted by Gasteiger charge is 2.19. The normalized spacial score (nSPS) is 10.2. The summed E-state index contributed by atoms with van der Waals surface area (Å²) < 4.78 is 5.90. The first kappa shape index (κ1) is 15.2. The number of aromatic hydroxyl groups is 1. The van der Waals surface area contributed by atoms with Crippen LogP contribution in [0.2, 0.25) is 0 Å². The van der Waals surface area contributed by atoms with Gasteiger partial charge in [0.05, 0.1) is 24.0 Å². The quantitative estimate of drug-likeness (QED) is 0.834. The molecule has 21 heavy (non-hydrogen) atoms. The lowest BCUT2D eigenvalue weighted by atomic mass is 10.1. The monoisotopic (exact) mass is 350 g/mol. The molecular formula is C15H15BrN2O3. The number of anilines is 2. The number of phenols is 1. The number of rotatable bonds is 3. The maximum atomic E-state index is 12.5. The lowest BCUT2D eigenvalue weighted by Gasteiger charge is -2.20. The van der Waals surface area contributed by atoms with E-state index in [0.717, 1.165) is 4.47 Å². The van der Waals surface area contributed by atoms with Crippen molar-refractivity contribution in [2.75, 3.05) is 24.8 Å². The van der Waals surface area contributed by atoms with Crippen LogP contribution in [0.1, 0.15) is 10.4 Å². The zero-order valence-corrected chi connectivity index (χ0v) is 13.2. The van der Waals surface area contributed by atoms with E-state index in [4.69, 9.17) is 10.5 Å². The summed E-state index contributed by atoms with van der Waals surface area (Å²) in [6.07, 6.45) is 0. The van der Waals surface area contributed by atoms with Crippen molar-refractivity contribution in [2.45, 2.75) is 0 Å². The summed E-state index contributed by atoms with van der Waals surface area (Å²) in [4.78, 5) is 13.9. The fourth-order valence-corrected chi connectivity index (χ4v) is 2.31. The summed E-state index contributed by atoms with van der Waals surface area (Å²) in [5, 5.41) is 9.87. The molecule has 3 N–H and O–H groups in total. The Bertz CT molecular complexity index is 689. The molecule has 0 unspecified atom stereocenters. The van der Waals surface area contributed by atoms with E-state index in [1.165, 1.54) is 24.1 Å². The number of hydrogen-bond acceptors (Lipinski definition) is 4. The highest BCUT2D eigenvalue weighted by molar-refractivity contribution is 9.10. The van der Waals surface area contributed by atoms with Crippen molar-refractivity contribution in [3.05, 3.63) is 46.4 Å². The third-order valence-electron chi connectivity index (χ3n) is 3.09. The van der Waals surface area contributed by atoms with Gasteiger partial charge >= 0.3 is 0 Å². The van der Waals surface area contributed by atoms with Crippen LogP contribution in [-0.2, 0) is 0 Å². The van der Waals surface area contributed by atoms with Gasteiger partial charge in [0, 0.05) is 11.5 Å². The molecule has 0 aliphatic heterocycles. The van der Waals surface area contributed by atoms with Crippen molar-refractivity contribution in [1.82, 2.24) is 0 Å². The third-order valence-corrected chi connectivity index (χ3v) is 3.58. The molecule has 5 nitrogen and oxygen atoms in total. The maximum absolute atomic E-state index is 12.5. The van der Waals surface area contributed by atoms with Crippen molar-refractivity contribution < 1.29 is 14.6 Å². The Morgan fingerprint density at radius 3 is 2.62 bits per heavy atom. The summed E-state index contributed by atoms with van der Waals surface area (Å²) in [5.74, 6) is 0.0112. The number of halogens is 1. The number of carbonyl (C=O) groups is 1. The van der Waals surface area contributed by atoms with Crippen molar-refractivity contribution in [3.63, 3.8) is 0 Å². The molecule has 2 aromatic carbocycles. The summed E-state index contributed by atoms with van der Waals surface area (Å²) in [6, 6.07) is 9.73. The lowest BCUT2D eigenvalue weighted by Crippen LogP contribution is -2.27. The molecule has 0 saturated carbocycles. The van der Waals surface area contributed by atoms with E-state index in [2.05, 4.69) is 15.9 Å². The molecule has 110 valence electrons. The van der Waals surface area contributed by atoms with Crippen LogP contribution >= 0.6 is 15.9 Å². The Balaban J connectivity index is 2.39. The first-order valence-electron chi connectivity index (χ1n) is 6.14. The van der Waals surface area contributed by atoms with Gasteiger partial charge in [-0.25, -0.2) is 0 Å². The van der Waals surface area contributed by atoms with E-state index in [1.54, 1.807) is 31.3 Å². The number of benzene rings is 2. The summed E-state index contributed by atoms with van der Waals surface area (Å²) in [5.41, 5.74) is 7.09. The molecule has 0 atom stereocenters. The van der Waals surface area contributed by atoms with Crippen molar-refractivity contribution >= 4 is 33.2 Å². The Hall–Kier alpha value is -2.21. The Morgan fingerprint density at radius 1 is 1.29 bits per heavy atom. The van der Waals surface area contributed by atoms with E-state index in [-0.39, 0.29) is 17.2 Å². The van der Waals surface area contributed by atoms with Crippen molar-refractivity contribution in [3.8, 4) is 11.5 Å². The van der Waals surface area contributed by atoms with E-state index in [1.807, 2.05) is 0 Å². The molecule has 2 aromatic rings. The first-order valence-corrected chi connectivity index (χ1v) is 6.93. The molecule has 0 spiro atoms. The molecule has 0 aromatic heterocycles. The van der Waals surface area contributed by atoms with Gasteiger partial charge in [0.2, 0.25) is 0 Å². The second-order valence-electron chi connectivity index (χ2n) is 4.45. The zero-order valence-electron chi connectivity index (χ0n) is 11.6. The second-order valence-corrected chi connectivity index (χ2v) is 5.37. The van der Waals surface area contributed by atoms with Gasteiger partial charge in [-0.2, -0.15) is 0 Å². The minimum absolute atomic E-state index is 0.108. The highest BCUT2D eigenvalue weighted by Crippen LogP contribution is 2.29. The van der Waals surface area contributed by atoms with Gasteiger partial charge in [-0.15, -0.1) is 0 Å². The van der Waals surface area contributed by atoms with Crippen LogP contribution in [0.4, 0.5) is 11.4 Å². The minimum atomic E-state index is -0.375. The van der Waals surface area contributed by atoms with E-state index >= 15 is 0 Å². The molecule has 0 saturated heterocycles. The van der Waals surface area contributed by atoms with E-state index in [0.29, 0.717) is 17.1 Å². The van der Waals surface area contributed by atoms with Gasteiger partial charge in [0.25, 0.3) is 5.91 Å². The largest absolute Gasteiger partial charge is 0.507 e. The van der Waals surface area contributed by atoms with Crippen LogP contribution in [0.5, 0.6) is 11.5 Å². The van der Waals surface area contributed by atoms with Gasteiger partial charge in [0.1, 0.15) is 11.5 Å². The first-order chi connectivity index (χ1) is 9.93. The molecule has 0 radical (unpaired) electrons. The van der Waals surface area contributed by atoms with Crippen LogP contribution in [0.15, 0.2) is 40.9 Å². The smallest absolute Gasteiger partial charge is 0.261 e. The van der Waals surface area contributed by atoms with Crippen molar-refractivity contribution in [1.29, 1.82) is 0 Å². The van der Waals surface area contributed by atoms with Crippen LogP contribution in [0, 0.1) is 0 Å². The average molecular weight is 351 g/mol. The van der Waals surface area contributed by atoms with Gasteiger partial charge < -0.3 is 20.5 Å². The minimum Gasteiger partial charge on any atom is -0.507 e. The number of amides is 1. The molecule has 2 rings (SSSR count). The molecule has 0 aliphatic carbocycles. The zero-order chi connectivity index (χ0) is 15.6. The van der Waals surface area contributed by atoms with Gasteiger partial charge in [-0.3, -0.25) is 4.79 Å². The van der Waals surface area contributed by atoms with Crippen LogP contribution in [0.25, 0.3) is 0 Å². The SMILES string of the molecule is COc1ccc(O)c(C(=O)N(C)c2ccc(Br)cc2N)c1. The Kier molecular flexibility index (Phi) is 4.37. The Morgan fingerprint density at radius 2 is 2.00 bits per heavy atom. The average Bonchev–Trinajstić information content (AvgIpc) is 2.46. The molecule has 6 heteroatoms. The molecule has 1 amide bonds. The molecule has 0 aliphatic rings. The van der Waals surface area contributed by atoms with Crippen LogP contribution in [-0.4, -0.2) is 25.2 Å². The second kappa shape index (κ2) is 6.05. The number of nitrogen functional groups attached to an aromatic ring is 1. The number of carbonyl (C=O) groups excluding carboxylic acids is 1. The maximum Gasteiger partial charge on any atom is 0.261 e. The van der Waals surface area contributed by atoms with Gasteiger partial charge in [-0.1, -0.05) is 15.9 Å². The number of hydrogen-bond donors (Lipinski definition) is 2. The fourth-order valence-electron chi connectivity index (χ4n) is 1.93. The van der Waals surface area contributed by atoms with Gasteiger partial charge in [0.15, 0.2) is 0 Å². The third kappa shape index (κ3) is 3.11. The molecule has 0 bridgehead atoms. The Labute approximate surface area is 131 Å². The summed E-state index contributed by atoms with van der Waals surface area (Å²) in [7, 11) is 3.10. The highest BCUT2D eigenvalue weighted by atomic mass is 79.9.